The lowest BCUT2D eigenvalue weighted by Gasteiger charge is -2.33. The zero-order valence-corrected chi connectivity index (χ0v) is 23.0. The van der Waals surface area contributed by atoms with Crippen LogP contribution in [0.2, 0.25) is 0 Å². The number of anilines is 1. The number of Topliss-reactive ketones (excluding diaryl/α,β-unsaturated/α-hetero) is 1. The van der Waals surface area contributed by atoms with E-state index in [1.54, 1.807) is 22.3 Å². The maximum atomic E-state index is 13.7. The number of rotatable bonds is 7. The first-order chi connectivity index (χ1) is 20.1. The van der Waals surface area contributed by atoms with Gasteiger partial charge in [-0.1, -0.05) is 48.5 Å². The van der Waals surface area contributed by atoms with Crippen molar-refractivity contribution in [3.8, 4) is 11.1 Å². The average Bonchev–Trinajstić information content (AvgIpc) is 3.38. The second-order valence-electron chi connectivity index (χ2n) is 10.3. The van der Waals surface area contributed by atoms with E-state index >= 15 is 0 Å². The molecule has 3 amide bonds. The lowest BCUT2D eigenvalue weighted by Crippen LogP contribution is -2.45. The molecule has 5 rings (SSSR count). The molecule has 42 heavy (non-hydrogen) atoms. The second-order valence-corrected chi connectivity index (χ2v) is 10.3. The van der Waals surface area contributed by atoms with Gasteiger partial charge in [-0.15, -0.1) is 0 Å². The Morgan fingerprint density at radius 3 is 2.24 bits per heavy atom. The molecule has 0 bridgehead atoms. The first-order valence-corrected chi connectivity index (χ1v) is 13.7. The van der Waals surface area contributed by atoms with Crippen molar-refractivity contribution in [2.75, 3.05) is 24.5 Å². The van der Waals surface area contributed by atoms with E-state index in [0.717, 1.165) is 46.9 Å². The predicted octanol–water partition coefficient (Wildman–Crippen LogP) is 5.71. The molecule has 11 heteroatoms. The number of aromatic nitrogens is 2. The number of halogens is 3. The lowest BCUT2D eigenvalue weighted by molar-refractivity contribution is -0.173. The van der Waals surface area contributed by atoms with Crippen molar-refractivity contribution < 1.29 is 27.6 Å². The maximum Gasteiger partial charge on any atom is 0.471 e. The molecule has 0 saturated carbocycles. The first-order valence-electron chi connectivity index (χ1n) is 13.7. The molecule has 8 nitrogen and oxygen atoms in total. The minimum absolute atomic E-state index is 0.117. The molecule has 0 unspecified atom stereocenters. The molecule has 4 aromatic rings. The molecule has 0 atom stereocenters. The van der Waals surface area contributed by atoms with Crippen LogP contribution >= 0.6 is 0 Å². The lowest BCUT2D eigenvalue weighted by atomic mass is 10.0. The van der Waals surface area contributed by atoms with Crippen molar-refractivity contribution >= 4 is 34.3 Å². The largest absolute Gasteiger partial charge is 0.471 e. The quantitative estimate of drug-likeness (QED) is 0.285. The number of carbonyl (C=O) groups is 3. The van der Waals surface area contributed by atoms with Crippen molar-refractivity contribution in [1.29, 1.82) is 0 Å². The highest BCUT2D eigenvalue weighted by Gasteiger charge is 2.38. The summed E-state index contributed by atoms with van der Waals surface area (Å²) in [6, 6.07) is 20.1. The van der Waals surface area contributed by atoms with Crippen molar-refractivity contribution in [1.82, 2.24) is 20.0 Å². The van der Waals surface area contributed by atoms with Gasteiger partial charge < -0.3 is 10.2 Å². The third-order valence-corrected chi connectivity index (χ3v) is 7.40. The number of benzene rings is 3. The summed E-state index contributed by atoms with van der Waals surface area (Å²) in [5, 5.41) is 6.94. The van der Waals surface area contributed by atoms with Crippen molar-refractivity contribution in [3.05, 3.63) is 84.1 Å². The number of ketones is 1. The predicted molar refractivity (Wildman–Crippen MR) is 153 cm³/mol. The van der Waals surface area contributed by atoms with E-state index in [2.05, 4.69) is 11.2 Å². The third-order valence-electron chi connectivity index (χ3n) is 7.40. The smallest absolute Gasteiger partial charge is 0.341 e. The Morgan fingerprint density at radius 2 is 1.57 bits per heavy atom. The fourth-order valence-corrected chi connectivity index (χ4v) is 5.02. The summed E-state index contributed by atoms with van der Waals surface area (Å²) in [5.74, 6) is -2.82. The molecule has 1 aliphatic heterocycles. The number of nitrogens with zero attached hydrogens (tertiary/aromatic N) is 4. The summed E-state index contributed by atoms with van der Waals surface area (Å²) in [4.78, 5) is 40.5. The molecular weight excluding hydrogens is 547 g/mol. The van der Waals surface area contributed by atoms with Crippen LogP contribution in [0.1, 0.15) is 35.2 Å². The van der Waals surface area contributed by atoms with Gasteiger partial charge in [0.15, 0.2) is 5.78 Å². The molecule has 2 heterocycles. The monoisotopic (exact) mass is 577 g/mol. The summed E-state index contributed by atoms with van der Waals surface area (Å²) < 4.78 is 39.1. The minimum atomic E-state index is -5.06. The first kappa shape index (κ1) is 28.8. The Bertz CT molecular complexity index is 1590. The Kier molecular flexibility index (Phi) is 8.28. The van der Waals surface area contributed by atoms with Gasteiger partial charge in [0.05, 0.1) is 24.8 Å². The molecule has 1 aromatic heterocycles. The summed E-state index contributed by atoms with van der Waals surface area (Å²) in [5.41, 5.74) is 4.65. The van der Waals surface area contributed by atoms with E-state index in [1.807, 2.05) is 59.2 Å². The van der Waals surface area contributed by atoms with Crippen molar-refractivity contribution in [2.45, 2.75) is 32.0 Å². The summed E-state index contributed by atoms with van der Waals surface area (Å²) >= 11 is 0. The van der Waals surface area contributed by atoms with E-state index < -0.39 is 24.4 Å². The van der Waals surface area contributed by atoms with E-state index in [4.69, 9.17) is 0 Å². The Labute approximate surface area is 240 Å². The molecule has 0 spiro atoms. The van der Waals surface area contributed by atoms with E-state index in [1.165, 1.54) is 12.1 Å². The summed E-state index contributed by atoms with van der Waals surface area (Å²) in [6.07, 6.45) is -0.272. The van der Waals surface area contributed by atoms with Crippen LogP contribution in [-0.4, -0.2) is 58.2 Å². The van der Waals surface area contributed by atoms with Gasteiger partial charge in [0, 0.05) is 36.8 Å². The topological polar surface area (TPSA) is 87.5 Å². The van der Waals surface area contributed by atoms with Crippen molar-refractivity contribution in [3.63, 3.8) is 0 Å². The highest BCUT2D eigenvalue weighted by molar-refractivity contribution is 6.00. The van der Waals surface area contributed by atoms with Crippen LogP contribution in [0.5, 0.6) is 0 Å². The third kappa shape index (κ3) is 6.45. The Balaban J connectivity index is 1.34. The number of nitrogens with one attached hydrogen (secondary N) is 1. The molecule has 0 radical (unpaired) electrons. The molecule has 1 N–H and O–H groups in total. The SMILES string of the molecule is Cn1ncc2ccc(-c3ccc(N(Cc4ccc(C(=O)CNC(=O)C(F)(F)F)cc4)C(=O)N4CCCCC4)cc3)cc21. The number of hydrogen-bond donors (Lipinski definition) is 1. The number of alkyl halides is 3. The zero-order valence-electron chi connectivity index (χ0n) is 23.0. The Hall–Kier alpha value is -4.67. The minimum Gasteiger partial charge on any atom is -0.341 e. The van der Waals surface area contributed by atoms with Crippen LogP contribution in [0.3, 0.4) is 0 Å². The molecule has 1 fully saturated rings. The van der Waals surface area contributed by atoms with Gasteiger partial charge in [0.2, 0.25) is 0 Å². The van der Waals surface area contributed by atoms with E-state index in [0.29, 0.717) is 18.8 Å². The molecular formula is C31H30F3N5O3. The fraction of sp³-hybridized carbons (Fsp3) is 0.290. The number of carbonyl (C=O) groups excluding carboxylic acids is 3. The van der Waals surface area contributed by atoms with Gasteiger partial charge in [-0.3, -0.25) is 19.2 Å². The van der Waals surface area contributed by atoms with E-state index in [9.17, 15) is 27.6 Å². The number of fused-ring (bicyclic) bond motifs is 1. The van der Waals surface area contributed by atoms with Gasteiger partial charge in [-0.2, -0.15) is 18.3 Å². The second kappa shape index (κ2) is 12.1. The van der Waals surface area contributed by atoms with Gasteiger partial charge in [-0.25, -0.2) is 4.79 Å². The van der Waals surface area contributed by atoms with Crippen molar-refractivity contribution in [2.24, 2.45) is 7.05 Å². The number of hydrogen-bond acceptors (Lipinski definition) is 4. The fourth-order valence-electron chi connectivity index (χ4n) is 5.02. The summed E-state index contributed by atoms with van der Waals surface area (Å²) in [6.45, 7) is 0.816. The normalized spacial score (nSPS) is 13.7. The van der Waals surface area contributed by atoms with Crippen LogP contribution in [0.15, 0.2) is 72.9 Å². The molecule has 0 aliphatic carbocycles. The zero-order chi connectivity index (χ0) is 29.9. The highest BCUT2D eigenvalue weighted by Crippen LogP contribution is 2.28. The maximum absolute atomic E-state index is 13.7. The Morgan fingerprint density at radius 1 is 0.905 bits per heavy atom. The number of likely N-dealkylation sites (tertiary alicyclic amines) is 1. The number of aryl methyl sites for hydroxylation is 1. The molecule has 1 aliphatic rings. The molecule has 1 saturated heterocycles. The number of amides is 3. The van der Waals surface area contributed by atoms with Crippen LogP contribution in [0.4, 0.5) is 23.7 Å². The van der Waals surface area contributed by atoms with E-state index in [-0.39, 0.29) is 18.1 Å². The standard InChI is InChI=1S/C31H30F3N5O3/c1-37-27-17-24(9-10-25(27)18-36-37)22-11-13-26(14-12-22)39(30(42)38-15-3-2-4-16-38)20-21-5-7-23(8-6-21)28(40)19-35-29(41)31(32,33)34/h5-14,17-18H,2-4,15-16,19-20H2,1H3,(H,35,41). The van der Waals surface area contributed by atoms with Crippen LogP contribution in [0.25, 0.3) is 22.0 Å². The van der Waals surface area contributed by atoms with Crippen LogP contribution in [0, 0.1) is 0 Å². The van der Waals surface area contributed by atoms with Crippen LogP contribution < -0.4 is 10.2 Å². The van der Waals surface area contributed by atoms with Gasteiger partial charge in [0.25, 0.3) is 0 Å². The summed E-state index contributed by atoms with van der Waals surface area (Å²) in [7, 11) is 1.90. The number of piperidine rings is 1. The van der Waals surface area contributed by atoms with Gasteiger partial charge in [-0.05, 0) is 54.2 Å². The molecule has 3 aromatic carbocycles. The average molecular weight is 578 g/mol. The number of urea groups is 1. The van der Waals surface area contributed by atoms with Crippen LogP contribution in [-0.2, 0) is 18.4 Å². The highest BCUT2D eigenvalue weighted by atomic mass is 19.4. The van der Waals surface area contributed by atoms with Gasteiger partial charge in [0.1, 0.15) is 0 Å². The van der Waals surface area contributed by atoms with Gasteiger partial charge >= 0.3 is 18.1 Å². The molecule has 218 valence electrons.